The molecule has 2 heteroatoms. The van der Waals surface area contributed by atoms with Crippen molar-refractivity contribution in [2.45, 2.75) is 6.92 Å². The van der Waals surface area contributed by atoms with Crippen LogP contribution in [0.1, 0.15) is 12.5 Å². The Bertz CT molecular complexity index is 2280. The fraction of sp³-hybridized carbons (Fsp3) is 0.0213. The zero-order valence-corrected chi connectivity index (χ0v) is 27.5. The van der Waals surface area contributed by atoms with Gasteiger partial charge >= 0.3 is 0 Å². The third kappa shape index (κ3) is 7.15. The lowest BCUT2D eigenvalue weighted by atomic mass is 9.91. The van der Waals surface area contributed by atoms with E-state index in [2.05, 4.69) is 180 Å². The van der Waals surface area contributed by atoms with Crippen molar-refractivity contribution in [3.8, 4) is 66.8 Å². The van der Waals surface area contributed by atoms with E-state index in [9.17, 15) is 0 Å². The van der Waals surface area contributed by atoms with Crippen molar-refractivity contribution in [3.63, 3.8) is 0 Å². The zero-order valence-electron chi connectivity index (χ0n) is 27.5. The van der Waals surface area contributed by atoms with Crippen molar-refractivity contribution < 1.29 is 0 Å². The van der Waals surface area contributed by atoms with Gasteiger partial charge in [0.25, 0.3) is 0 Å². The van der Waals surface area contributed by atoms with E-state index in [0.717, 1.165) is 33.4 Å². The number of hydrogen-bond donors (Lipinski definition) is 0. The molecule has 0 aliphatic rings. The quantitative estimate of drug-likeness (QED) is 0.115. The first-order valence-corrected chi connectivity index (χ1v) is 16.5. The highest BCUT2D eigenvalue weighted by Crippen LogP contribution is 2.35. The summed E-state index contributed by atoms with van der Waals surface area (Å²) in [5.41, 5.74) is 16.4. The van der Waals surface area contributed by atoms with Crippen LogP contribution in [0.4, 0.5) is 0 Å². The molecule has 0 N–H and O–H groups in total. The molecule has 0 fully saturated rings. The molecule has 7 aromatic rings. The topological polar surface area (TPSA) is 25.2 Å². The van der Waals surface area contributed by atoms with E-state index >= 15 is 0 Å². The summed E-state index contributed by atoms with van der Waals surface area (Å²) < 4.78 is 0. The maximum Gasteiger partial charge on any atom is 0.0273 e. The van der Waals surface area contributed by atoms with Crippen molar-refractivity contribution >= 4 is 12.3 Å². The van der Waals surface area contributed by atoms with Crippen LogP contribution in [0.2, 0.25) is 0 Å². The van der Waals surface area contributed by atoms with Gasteiger partial charge in [-0.05, 0) is 146 Å². The molecule has 0 amide bonds. The number of nitrogens with zero attached hydrogens (tertiary/aromatic N) is 2. The molecular weight excluding hydrogens is 593 g/mol. The smallest absolute Gasteiger partial charge is 0.0273 e. The predicted molar refractivity (Wildman–Crippen MR) is 209 cm³/mol. The fourth-order valence-electron chi connectivity index (χ4n) is 6.28. The Hall–Kier alpha value is -6.38. The van der Waals surface area contributed by atoms with E-state index in [1.807, 2.05) is 25.4 Å². The van der Waals surface area contributed by atoms with E-state index in [0.29, 0.717) is 0 Å². The number of benzene rings is 6. The summed E-state index contributed by atoms with van der Waals surface area (Å²) in [6.07, 6.45) is 9.52. The van der Waals surface area contributed by atoms with Crippen LogP contribution >= 0.6 is 0 Å². The number of rotatable bonds is 9. The van der Waals surface area contributed by atoms with Crippen LogP contribution in [0.3, 0.4) is 0 Å². The van der Waals surface area contributed by atoms with Crippen LogP contribution in [0.25, 0.3) is 72.3 Å². The molecule has 0 saturated heterocycles. The minimum atomic E-state index is 1.09. The first-order valence-electron chi connectivity index (χ1n) is 16.5. The van der Waals surface area contributed by atoms with Crippen LogP contribution in [0.15, 0.2) is 193 Å². The van der Waals surface area contributed by atoms with Gasteiger partial charge in [0.15, 0.2) is 0 Å². The second-order valence-corrected chi connectivity index (χ2v) is 12.0. The van der Waals surface area contributed by atoms with Gasteiger partial charge in [-0.15, -0.1) is 0 Å². The summed E-state index contributed by atoms with van der Waals surface area (Å²) in [5.74, 6) is 0. The average Bonchev–Trinajstić information content (AvgIpc) is 3.19. The maximum atomic E-state index is 4.23. The number of aromatic nitrogens is 1. The van der Waals surface area contributed by atoms with E-state index < -0.39 is 0 Å². The van der Waals surface area contributed by atoms with Crippen molar-refractivity contribution in [1.82, 2.24) is 4.98 Å². The first-order chi connectivity index (χ1) is 24.2. The van der Waals surface area contributed by atoms with Gasteiger partial charge < -0.3 is 0 Å². The van der Waals surface area contributed by atoms with Gasteiger partial charge in [0, 0.05) is 18.6 Å². The molecule has 1 heterocycles. The Morgan fingerprint density at radius 3 is 1.35 bits per heavy atom. The van der Waals surface area contributed by atoms with Gasteiger partial charge in [-0.3, -0.25) is 9.98 Å². The van der Waals surface area contributed by atoms with E-state index in [1.165, 1.54) is 44.5 Å². The van der Waals surface area contributed by atoms with Gasteiger partial charge in [-0.1, -0.05) is 115 Å². The molecule has 1 aromatic heterocycles. The summed E-state index contributed by atoms with van der Waals surface area (Å²) >= 11 is 0. The number of aliphatic imine (C=N–C) groups is 1. The highest BCUT2D eigenvalue weighted by atomic mass is 14.6. The minimum absolute atomic E-state index is 1.09. The van der Waals surface area contributed by atoms with Gasteiger partial charge in [0.05, 0.1) is 0 Å². The Morgan fingerprint density at radius 2 is 0.837 bits per heavy atom. The lowest BCUT2D eigenvalue weighted by Gasteiger charge is -2.13. The van der Waals surface area contributed by atoms with Crippen LogP contribution in [-0.2, 0) is 0 Å². The van der Waals surface area contributed by atoms with Crippen molar-refractivity contribution in [1.29, 1.82) is 0 Å². The Labute approximate surface area is 289 Å². The molecular formula is C47H36N2. The molecule has 7 rings (SSSR count). The van der Waals surface area contributed by atoms with Crippen LogP contribution in [-0.4, -0.2) is 11.7 Å². The lowest BCUT2D eigenvalue weighted by Crippen LogP contribution is -1.89. The zero-order chi connectivity index (χ0) is 33.4. The third-order valence-corrected chi connectivity index (χ3v) is 8.86. The molecule has 234 valence electrons. The van der Waals surface area contributed by atoms with Crippen LogP contribution in [0.5, 0.6) is 0 Å². The van der Waals surface area contributed by atoms with Gasteiger partial charge in [0.2, 0.25) is 0 Å². The molecule has 0 unspecified atom stereocenters. The fourth-order valence-corrected chi connectivity index (χ4v) is 6.28. The highest BCUT2D eigenvalue weighted by molar-refractivity contribution is 5.85. The molecule has 0 bridgehead atoms. The van der Waals surface area contributed by atoms with E-state index in [-0.39, 0.29) is 0 Å². The Morgan fingerprint density at radius 1 is 0.449 bits per heavy atom. The van der Waals surface area contributed by atoms with Gasteiger partial charge in [-0.2, -0.15) is 0 Å². The molecule has 49 heavy (non-hydrogen) atoms. The van der Waals surface area contributed by atoms with Gasteiger partial charge in [-0.25, -0.2) is 0 Å². The molecule has 6 aromatic carbocycles. The summed E-state index contributed by atoms with van der Waals surface area (Å²) in [6.45, 7) is 5.66. The normalized spacial score (nSPS) is 11.5. The summed E-state index contributed by atoms with van der Waals surface area (Å²) in [4.78, 5) is 8.17. The first kappa shape index (κ1) is 31.2. The second-order valence-electron chi connectivity index (χ2n) is 12.0. The largest absolute Gasteiger partial charge is 0.272 e. The molecule has 0 radical (unpaired) electrons. The standard InChI is InChI=1S/C47H36N2/c1-3-34(22-25-48-2)45-31-46(38-23-26-49-27-24-38)33-47(32-45)44-17-9-16-43(30-44)42-15-8-14-41(29-42)40-13-7-12-39(28-40)37-20-18-36(19-21-37)35-10-5-4-6-11-35/h3-33H,2H2,1H3/b25-22-,34-3+. The molecule has 0 aliphatic heterocycles. The SMILES string of the molecule is C=N/C=C\C(=C/C)c1cc(-c2ccncc2)cc(-c2cccc(-c3cccc(-c4cccc(-c5ccc(-c6ccccc6)cc5)c4)c3)c2)c1. The summed E-state index contributed by atoms with van der Waals surface area (Å²) in [7, 11) is 0. The van der Waals surface area contributed by atoms with Crippen LogP contribution < -0.4 is 0 Å². The lowest BCUT2D eigenvalue weighted by molar-refractivity contribution is 1.33. The van der Waals surface area contributed by atoms with Crippen LogP contribution in [0, 0.1) is 0 Å². The molecule has 0 spiro atoms. The number of hydrogen-bond acceptors (Lipinski definition) is 2. The van der Waals surface area contributed by atoms with E-state index in [4.69, 9.17) is 0 Å². The third-order valence-electron chi connectivity index (χ3n) is 8.86. The summed E-state index contributed by atoms with van der Waals surface area (Å²) in [5, 5.41) is 0. The Kier molecular flexibility index (Phi) is 9.30. The van der Waals surface area contributed by atoms with Crippen molar-refractivity contribution in [2.75, 3.05) is 0 Å². The van der Waals surface area contributed by atoms with E-state index in [1.54, 1.807) is 6.20 Å². The molecule has 2 nitrogen and oxygen atoms in total. The monoisotopic (exact) mass is 628 g/mol. The highest BCUT2D eigenvalue weighted by Gasteiger charge is 2.10. The molecule has 0 aliphatic carbocycles. The number of pyridine rings is 1. The molecule has 0 saturated carbocycles. The minimum Gasteiger partial charge on any atom is -0.272 e. The predicted octanol–water partition coefficient (Wildman–Crippen LogP) is 12.7. The van der Waals surface area contributed by atoms with Crippen molar-refractivity contribution in [3.05, 3.63) is 194 Å². The van der Waals surface area contributed by atoms with Gasteiger partial charge in [0.1, 0.15) is 0 Å². The second kappa shape index (κ2) is 14.6. The average molecular weight is 629 g/mol. The number of allylic oxidation sites excluding steroid dienone is 3. The maximum absolute atomic E-state index is 4.23. The Balaban J connectivity index is 1.21. The summed E-state index contributed by atoms with van der Waals surface area (Å²) in [6, 6.07) is 56.6. The molecule has 0 atom stereocenters. The van der Waals surface area contributed by atoms with Crippen molar-refractivity contribution in [2.24, 2.45) is 4.99 Å².